The van der Waals surface area contributed by atoms with E-state index in [2.05, 4.69) is 0 Å². The van der Waals surface area contributed by atoms with E-state index in [1.165, 1.54) is 19.3 Å². The van der Waals surface area contributed by atoms with Gasteiger partial charge in [-0.3, -0.25) is 4.79 Å². The molecule has 2 fully saturated rings. The van der Waals surface area contributed by atoms with E-state index in [4.69, 9.17) is 5.73 Å². The Morgan fingerprint density at radius 2 is 1.88 bits per heavy atom. The van der Waals surface area contributed by atoms with Crippen LogP contribution in [0.25, 0.3) is 0 Å². The third kappa shape index (κ3) is 2.10. The van der Waals surface area contributed by atoms with Crippen LogP contribution in [0, 0.1) is 17.8 Å². The molecule has 2 aliphatic rings. The van der Waals surface area contributed by atoms with Gasteiger partial charge in [-0.1, -0.05) is 6.42 Å². The topological polar surface area (TPSA) is 46.3 Å². The van der Waals surface area contributed by atoms with Crippen molar-refractivity contribution in [3.63, 3.8) is 0 Å². The monoisotopic (exact) mass is 224 g/mol. The summed E-state index contributed by atoms with van der Waals surface area (Å²) in [4.78, 5) is 14.0. The van der Waals surface area contributed by atoms with Gasteiger partial charge in [0, 0.05) is 25.6 Å². The van der Waals surface area contributed by atoms with Gasteiger partial charge in [-0.05, 0) is 44.4 Å². The van der Waals surface area contributed by atoms with Crippen LogP contribution in [-0.2, 0) is 4.79 Å². The molecule has 0 aromatic heterocycles. The van der Waals surface area contributed by atoms with E-state index in [0.29, 0.717) is 23.8 Å². The van der Waals surface area contributed by atoms with E-state index in [1.54, 1.807) is 0 Å². The maximum absolute atomic E-state index is 12.2. The normalized spacial score (nSPS) is 38.2. The molecule has 2 rings (SSSR count). The van der Waals surface area contributed by atoms with Crippen LogP contribution in [0.3, 0.4) is 0 Å². The molecule has 3 heteroatoms. The lowest BCUT2D eigenvalue weighted by atomic mass is 9.65. The zero-order valence-electron chi connectivity index (χ0n) is 10.5. The molecule has 2 N–H and O–H groups in total. The molecular formula is C13H24N2O. The fraction of sp³-hybridized carbons (Fsp3) is 0.923. The molecule has 2 bridgehead atoms. The molecular weight excluding hydrogens is 200 g/mol. The Kier molecular flexibility index (Phi) is 3.53. The maximum atomic E-state index is 12.2. The van der Waals surface area contributed by atoms with E-state index >= 15 is 0 Å². The van der Waals surface area contributed by atoms with Gasteiger partial charge in [0.25, 0.3) is 0 Å². The van der Waals surface area contributed by atoms with E-state index < -0.39 is 0 Å². The predicted molar refractivity (Wildman–Crippen MR) is 64.8 cm³/mol. The summed E-state index contributed by atoms with van der Waals surface area (Å²) in [5, 5.41) is 0. The van der Waals surface area contributed by atoms with Crippen LogP contribution >= 0.6 is 0 Å². The Labute approximate surface area is 98.4 Å². The van der Waals surface area contributed by atoms with Gasteiger partial charge >= 0.3 is 0 Å². The molecule has 2 aliphatic carbocycles. The van der Waals surface area contributed by atoms with Crippen LogP contribution in [0.1, 0.15) is 39.0 Å². The van der Waals surface area contributed by atoms with Crippen molar-refractivity contribution < 1.29 is 4.79 Å². The van der Waals surface area contributed by atoms with E-state index in [1.807, 2.05) is 18.9 Å². The summed E-state index contributed by atoms with van der Waals surface area (Å²) in [7, 11) is 1.91. The molecule has 1 amide bonds. The summed E-state index contributed by atoms with van der Waals surface area (Å²) in [5.41, 5.74) is 6.23. The average Bonchev–Trinajstić information content (AvgIpc) is 2.26. The summed E-state index contributed by atoms with van der Waals surface area (Å²) < 4.78 is 0. The van der Waals surface area contributed by atoms with Crippen molar-refractivity contribution in [3.8, 4) is 0 Å². The molecule has 92 valence electrons. The number of nitrogens with zero attached hydrogens (tertiary/aromatic N) is 1. The zero-order chi connectivity index (χ0) is 11.7. The number of hydrogen-bond donors (Lipinski definition) is 1. The van der Waals surface area contributed by atoms with Gasteiger partial charge in [-0.2, -0.15) is 0 Å². The number of fused-ring (bicyclic) bond motifs is 2. The molecule has 0 saturated heterocycles. The molecule has 0 radical (unpaired) electrons. The number of carbonyl (C=O) groups is 1. The highest BCUT2D eigenvalue weighted by molar-refractivity contribution is 5.78. The Morgan fingerprint density at radius 1 is 1.31 bits per heavy atom. The number of amides is 1. The summed E-state index contributed by atoms with van der Waals surface area (Å²) in [6.45, 7) is 2.85. The predicted octanol–water partition coefficient (Wildman–Crippen LogP) is 1.62. The van der Waals surface area contributed by atoms with Crippen molar-refractivity contribution >= 4 is 5.91 Å². The second-order valence-electron chi connectivity index (χ2n) is 5.55. The summed E-state index contributed by atoms with van der Waals surface area (Å²) in [6, 6.07) is 0.365. The SMILES string of the molecule is CCN(C)C(=O)C1CC2CCCC(C1)C2N. The molecule has 2 saturated carbocycles. The van der Waals surface area contributed by atoms with Crippen LogP contribution in [0.2, 0.25) is 0 Å². The lowest BCUT2D eigenvalue weighted by Gasteiger charge is -2.44. The summed E-state index contributed by atoms with van der Waals surface area (Å²) >= 11 is 0. The minimum Gasteiger partial charge on any atom is -0.346 e. The minimum absolute atomic E-state index is 0.250. The fourth-order valence-corrected chi connectivity index (χ4v) is 3.46. The standard InChI is InChI=1S/C13H24N2O/c1-3-15(2)13(16)11-7-9-5-4-6-10(8-11)12(9)14/h9-12H,3-8,14H2,1-2H3. The molecule has 0 heterocycles. The number of hydrogen-bond acceptors (Lipinski definition) is 2. The first-order valence-corrected chi connectivity index (χ1v) is 6.64. The molecule has 0 aromatic carbocycles. The smallest absolute Gasteiger partial charge is 0.225 e. The lowest BCUT2D eigenvalue weighted by molar-refractivity contribution is -0.137. The van der Waals surface area contributed by atoms with Crippen LogP contribution in [-0.4, -0.2) is 30.4 Å². The van der Waals surface area contributed by atoms with Crippen LogP contribution < -0.4 is 5.73 Å². The highest BCUT2D eigenvalue weighted by Crippen LogP contribution is 2.42. The Bertz CT molecular complexity index is 253. The van der Waals surface area contributed by atoms with Gasteiger partial charge < -0.3 is 10.6 Å². The third-order valence-electron chi connectivity index (χ3n) is 4.61. The molecule has 0 aromatic rings. The first-order chi connectivity index (χ1) is 7.63. The van der Waals surface area contributed by atoms with Gasteiger partial charge in [-0.25, -0.2) is 0 Å². The largest absolute Gasteiger partial charge is 0.346 e. The van der Waals surface area contributed by atoms with Crippen molar-refractivity contribution in [1.29, 1.82) is 0 Å². The highest BCUT2D eigenvalue weighted by Gasteiger charge is 2.40. The first kappa shape index (κ1) is 11.9. The second-order valence-corrected chi connectivity index (χ2v) is 5.55. The van der Waals surface area contributed by atoms with Gasteiger partial charge in [0.05, 0.1) is 0 Å². The third-order valence-corrected chi connectivity index (χ3v) is 4.61. The molecule has 2 atom stereocenters. The van der Waals surface area contributed by atoms with Crippen molar-refractivity contribution in [3.05, 3.63) is 0 Å². The molecule has 3 nitrogen and oxygen atoms in total. The maximum Gasteiger partial charge on any atom is 0.225 e. The first-order valence-electron chi connectivity index (χ1n) is 6.64. The van der Waals surface area contributed by atoms with Crippen LogP contribution in [0.15, 0.2) is 0 Å². The summed E-state index contributed by atoms with van der Waals surface area (Å²) in [5.74, 6) is 1.80. The zero-order valence-corrected chi connectivity index (χ0v) is 10.5. The van der Waals surface area contributed by atoms with Gasteiger partial charge in [0.1, 0.15) is 0 Å². The number of rotatable bonds is 2. The summed E-state index contributed by atoms with van der Waals surface area (Å²) in [6.07, 6.45) is 5.84. The van der Waals surface area contributed by atoms with Gasteiger partial charge in [0.15, 0.2) is 0 Å². The fourth-order valence-electron chi connectivity index (χ4n) is 3.46. The van der Waals surface area contributed by atoms with Gasteiger partial charge in [0.2, 0.25) is 5.91 Å². The van der Waals surface area contributed by atoms with Crippen molar-refractivity contribution in [2.45, 2.75) is 45.1 Å². The molecule has 0 spiro atoms. The molecule has 2 unspecified atom stereocenters. The Balaban J connectivity index is 2.01. The number of nitrogens with two attached hydrogens (primary N) is 1. The Hall–Kier alpha value is -0.570. The quantitative estimate of drug-likeness (QED) is 0.774. The lowest BCUT2D eigenvalue weighted by Crippen LogP contribution is -2.49. The van der Waals surface area contributed by atoms with E-state index in [0.717, 1.165) is 19.4 Å². The second kappa shape index (κ2) is 4.74. The van der Waals surface area contributed by atoms with Crippen LogP contribution in [0.4, 0.5) is 0 Å². The average molecular weight is 224 g/mol. The molecule has 0 aliphatic heterocycles. The van der Waals surface area contributed by atoms with Crippen molar-refractivity contribution in [2.75, 3.05) is 13.6 Å². The highest BCUT2D eigenvalue weighted by atomic mass is 16.2. The Morgan fingerprint density at radius 3 is 2.38 bits per heavy atom. The number of carbonyl (C=O) groups excluding carboxylic acids is 1. The minimum atomic E-state index is 0.250. The van der Waals surface area contributed by atoms with Crippen LogP contribution in [0.5, 0.6) is 0 Å². The van der Waals surface area contributed by atoms with Crippen molar-refractivity contribution in [2.24, 2.45) is 23.5 Å². The van der Waals surface area contributed by atoms with Crippen molar-refractivity contribution in [1.82, 2.24) is 4.90 Å². The van der Waals surface area contributed by atoms with E-state index in [9.17, 15) is 4.79 Å². The van der Waals surface area contributed by atoms with E-state index in [-0.39, 0.29) is 5.92 Å². The molecule has 16 heavy (non-hydrogen) atoms. The van der Waals surface area contributed by atoms with Gasteiger partial charge in [-0.15, -0.1) is 0 Å².